The lowest BCUT2D eigenvalue weighted by Gasteiger charge is -2.10. The first-order valence-electron chi connectivity index (χ1n) is 16.9. The lowest BCUT2D eigenvalue weighted by molar-refractivity contribution is -0.118. The lowest BCUT2D eigenvalue weighted by Crippen LogP contribution is -2.31. The van der Waals surface area contributed by atoms with Crippen molar-refractivity contribution in [2.75, 3.05) is 24.6 Å². The summed E-state index contributed by atoms with van der Waals surface area (Å²) in [5.74, 6) is 1.16. The SMILES string of the molecule is Cc1ccc(Cc2c(C)nc3nc(SCC(=O)NCCCNC(=O)CSc4nc5nc(C)c(Cc6ccc(C)cc6)c(C)n5n4)nn3c2C)cc1. The van der Waals surface area contributed by atoms with Crippen LogP contribution in [0.5, 0.6) is 0 Å². The molecule has 0 radical (unpaired) electrons. The van der Waals surface area contributed by atoms with Gasteiger partial charge in [-0.15, -0.1) is 10.2 Å². The highest BCUT2D eigenvalue weighted by Crippen LogP contribution is 2.22. The summed E-state index contributed by atoms with van der Waals surface area (Å²) < 4.78 is 3.51. The Morgan fingerprint density at radius 3 is 1.37 bits per heavy atom. The van der Waals surface area contributed by atoms with E-state index in [-0.39, 0.29) is 23.3 Å². The summed E-state index contributed by atoms with van der Waals surface area (Å²) in [6, 6.07) is 17.0. The number of nitrogens with zero attached hydrogens (tertiary/aromatic N) is 8. The van der Waals surface area contributed by atoms with E-state index in [1.165, 1.54) is 45.8 Å². The summed E-state index contributed by atoms with van der Waals surface area (Å²) in [5, 5.41) is 16.0. The van der Waals surface area contributed by atoms with Crippen LogP contribution in [0.3, 0.4) is 0 Å². The lowest BCUT2D eigenvalue weighted by atomic mass is 10.0. The normalized spacial score (nSPS) is 11.4. The first-order chi connectivity index (χ1) is 24.5. The Hall–Kier alpha value is -4.82. The number of rotatable bonds is 14. The molecule has 12 nitrogen and oxygen atoms in total. The maximum atomic E-state index is 12.5. The Bertz CT molecular complexity index is 2040. The van der Waals surface area contributed by atoms with Crippen LogP contribution in [0.15, 0.2) is 58.8 Å². The zero-order valence-corrected chi connectivity index (χ0v) is 31.4. The minimum Gasteiger partial charge on any atom is -0.355 e. The molecule has 0 aliphatic heterocycles. The minimum absolute atomic E-state index is 0.124. The summed E-state index contributed by atoms with van der Waals surface area (Å²) in [6.07, 6.45) is 2.12. The maximum absolute atomic E-state index is 12.5. The fraction of sp³-hybridized carbons (Fsp3) is 0.351. The Morgan fingerprint density at radius 2 is 0.980 bits per heavy atom. The Labute approximate surface area is 305 Å². The average Bonchev–Trinajstić information content (AvgIpc) is 3.72. The van der Waals surface area contributed by atoms with E-state index in [0.29, 0.717) is 41.4 Å². The number of carbonyl (C=O) groups is 2. The molecule has 0 saturated carbocycles. The van der Waals surface area contributed by atoms with Gasteiger partial charge in [0.15, 0.2) is 0 Å². The van der Waals surface area contributed by atoms with Gasteiger partial charge in [-0.25, -0.2) is 19.0 Å². The molecular weight excluding hydrogens is 681 g/mol. The molecule has 0 atom stereocenters. The van der Waals surface area contributed by atoms with E-state index in [1.807, 2.05) is 27.7 Å². The molecular formula is C37H42N10O2S2. The summed E-state index contributed by atoms with van der Waals surface area (Å²) in [5.41, 5.74) is 10.9. The van der Waals surface area contributed by atoms with Gasteiger partial charge in [0.05, 0.1) is 11.5 Å². The van der Waals surface area contributed by atoms with Crippen LogP contribution in [0.25, 0.3) is 11.6 Å². The van der Waals surface area contributed by atoms with E-state index in [2.05, 4.69) is 103 Å². The van der Waals surface area contributed by atoms with Crippen molar-refractivity contribution in [2.45, 2.75) is 71.1 Å². The predicted molar refractivity (Wildman–Crippen MR) is 201 cm³/mol. The van der Waals surface area contributed by atoms with Crippen LogP contribution in [-0.2, 0) is 22.4 Å². The highest BCUT2D eigenvalue weighted by atomic mass is 32.2. The van der Waals surface area contributed by atoms with Gasteiger partial charge < -0.3 is 10.6 Å². The molecule has 0 unspecified atom stereocenters. The van der Waals surface area contributed by atoms with E-state index in [4.69, 9.17) is 0 Å². The van der Waals surface area contributed by atoms with Crippen molar-refractivity contribution in [3.63, 3.8) is 0 Å². The van der Waals surface area contributed by atoms with Crippen LogP contribution in [0.1, 0.15) is 62.6 Å². The summed E-state index contributed by atoms with van der Waals surface area (Å²) >= 11 is 2.54. The molecule has 0 aliphatic rings. The fourth-order valence-corrected chi connectivity index (χ4v) is 7.04. The molecule has 51 heavy (non-hydrogen) atoms. The van der Waals surface area contributed by atoms with Crippen molar-refractivity contribution in [1.82, 2.24) is 49.8 Å². The molecule has 6 aromatic rings. The van der Waals surface area contributed by atoms with Crippen molar-refractivity contribution in [3.05, 3.63) is 105 Å². The predicted octanol–water partition coefficient (Wildman–Crippen LogP) is 5.10. The molecule has 2 aromatic carbocycles. The molecule has 4 aromatic heterocycles. The number of nitrogens with one attached hydrogen (secondary N) is 2. The van der Waals surface area contributed by atoms with Crippen LogP contribution in [-0.4, -0.2) is 75.6 Å². The number of aryl methyl sites for hydroxylation is 6. The van der Waals surface area contributed by atoms with E-state index in [9.17, 15) is 9.59 Å². The maximum Gasteiger partial charge on any atom is 0.253 e. The van der Waals surface area contributed by atoms with Crippen LogP contribution in [0.4, 0.5) is 0 Å². The van der Waals surface area contributed by atoms with E-state index < -0.39 is 0 Å². The van der Waals surface area contributed by atoms with Crippen LogP contribution >= 0.6 is 23.5 Å². The second-order valence-electron chi connectivity index (χ2n) is 12.7. The Kier molecular flexibility index (Phi) is 11.3. The molecule has 6 rings (SSSR count). The second-order valence-corrected chi connectivity index (χ2v) is 14.6. The fourth-order valence-electron chi connectivity index (χ4n) is 5.74. The van der Waals surface area contributed by atoms with Crippen LogP contribution in [0.2, 0.25) is 0 Å². The molecule has 4 heterocycles. The zero-order valence-electron chi connectivity index (χ0n) is 29.8. The van der Waals surface area contributed by atoms with Crippen molar-refractivity contribution in [1.29, 1.82) is 0 Å². The molecule has 0 aliphatic carbocycles. The second kappa shape index (κ2) is 16.0. The third-order valence-electron chi connectivity index (χ3n) is 8.72. The van der Waals surface area contributed by atoms with Gasteiger partial charge in [0.1, 0.15) is 0 Å². The monoisotopic (exact) mass is 722 g/mol. The molecule has 0 fully saturated rings. The molecule has 264 valence electrons. The van der Waals surface area contributed by atoms with E-state index >= 15 is 0 Å². The van der Waals surface area contributed by atoms with Crippen molar-refractivity contribution < 1.29 is 9.59 Å². The number of fused-ring (bicyclic) bond motifs is 2. The summed E-state index contributed by atoms with van der Waals surface area (Å²) in [7, 11) is 0. The molecule has 0 spiro atoms. The van der Waals surface area contributed by atoms with Gasteiger partial charge >= 0.3 is 0 Å². The number of benzene rings is 2. The van der Waals surface area contributed by atoms with Gasteiger partial charge in [-0.2, -0.15) is 9.97 Å². The van der Waals surface area contributed by atoms with E-state index in [0.717, 1.165) is 46.7 Å². The first kappa shape index (κ1) is 36.0. The van der Waals surface area contributed by atoms with Crippen LogP contribution in [0, 0.1) is 41.5 Å². The number of hydrogen-bond acceptors (Lipinski definition) is 10. The Morgan fingerprint density at radius 1 is 0.588 bits per heavy atom. The van der Waals surface area contributed by atoms with Crippen LogP contribution < -0.4 is 10.6 Å². The molecule has 2 N–H and O–H groups in total. The molecule has 2 amide bonds. The average molecular weight is 723 g/mol. The number of thioether (sulfide) groups is 2. The Balaban J connectivity index is 0.915. The number of aromatic nitrogens is 8. The molecule has 14 heteroatoms. The van der Waals surface area contributed by atoms with Gasteiger partial charge in [0.25, 0.3) is 11.6 Å². The quantitative estimate of drug-likeness (QED) is 0.115. The van der Waals surface area contributed by atoms with Gasteiger partial charge in [-0.3, -0.25) is 9.59 Å². The zero-order chi connectivity index (χ0) is 36.1. The minimum atomic E-state index is -0.124. The molecule has 0 bridgehead atoms. The highest BCUT2D eigenvalue weighted by molar-refractivity contribution is 8.00. The number of carbonyl (C=O) groups excluding carboxylic acids is 2. The molecule has 0 saturated heterocycles. The smallest absolute Gasteiger partial charge is 0.253 e. The highest BCUT2D eigenvalue weighted by Gasteiger charge is 2.17. The standard InChI is InChI=1S/C37H42N10O2S2/c1-22-8-12-28(13-9-22)18-30-24(3)40-34-42-36(44-46(34)26(30)5)50-20-32(48)38-16-7-17-39-33(49)21-51-37-43-35-41-25(4)31(27(6)47(35)45-37)19-29-14-10-23(2)11-15-29/h8-15H,7,16-21H2,1-6H3,(H,38,48)(H,39,49). The number of hydrogen-bond donors (Lipinski definition) is 2. The third kappa shape index (κ3) is 8.92. The topological polar surface area (TPSA) is 144 Å². The van der Waals surface area contributed by atoms with Gasteiger partial charge in [0, 0.05) is 48.7 Å². The first-order valence-corrected chi connectivity index (χ1v) is 18.9. The van der Waals surface area contributed by atoms with E-state index in [1.54, 1.807) is 9.03 Å². The largest absolute Gasteiger partial charge is 0.355 e. The summed E-state index contributed by atoms with van der Waals surface area (Å²) in [6.45, 7) is 13.1. The van der Waals surface area contributed by atoms with Crippen molar-refractivity contribution in [2.24, 2.45) is 0 Å². The van der Waals surface area contributed by atoms with Crippen molar-refractivity contribution in [3.8, 4) is 0 Å². The summed E-state index contributed by atoms with van der Waals surface area (Å²) in [4.78, 5) is 43.4. The van der Waals surface area contributed by atoms with Gasteiger partial charge in [-0.1, -0.05) is 83.2 Å². The number of amides is 2. The van der Waals surface area contributed by atoms with Crippen molar-refractivity contribution >= 4 is 46.9 Å². The van der Waals surface area contributed by atoms with Gasteiger partial charge in [-0.05, 0) is 70.2 Å². The van der Waals surface area contributed by atoms with Gasteiger partial charge in [0.2, 0.25) is 22.1 Å². The third-order valence-corrected chi connectivity index (χ3v) is 10.4.